The largest absolute Gasteiger partial charge is 0.493 e. The maximum Gasteiger partial charge on any atom is 0.229 e. The first kappa shape index (κ1) is 30.1. The highest BCUT2D eigenvalue weighted by molar-refractivity contribution is 7.92. The van der Waals surface area contributed by atoms with Crippen molar-refractivity contribution in [3.05, 3.63) is 48.0 Å². The van der Waals surface area contributed by atoms with Gasteiger partial charge in [-0.15, -0.1) is 12.4 Å². The molecule has 0 spiro atoms. The van der Waals surface area contributed by atoms with E-state index in [4.69, 9.17) is 9.47 Å². The second-order valence-corrected chi connectivity index (χ2v) is 12.1. The van der Waals surface area contributed by atoms with E-state index in [1.807, 2.05) is 12.1 Å². The van der Waals surface area contributed by atoms with Crippen LogP contribution in [-0.2, 0) is 21.4 Å². The summed E-state index contributed by atoms with van der Waals surface area (Å²) < 4.78 is 36.7. The number of likely N-dealkylation sites (tertiary alicyclic amines) is 1. The molecule has 10 heteroatoms. The van der Waals surface area contributed by atoms with E-state index in [2.05, 4.69) is 27.1 Å². The first-order valence-electron chi connectivity index (χ1n) is 13.2. The number of hydrogen-bond donors (Lipinski definition) is 2. The van der Waals surface area contributed by atoms with Crippen LogP contribution in [0.4, 0.5) is 5.69 Å². The van der Waals surface area contributed by atoms with E-state index >= 15 is 0 Å². The summed E-state index contributed by atoms with van der Waals surface area (Å²) in [7, 11) is -1.86. The van der Waals surface area contributed by atoms with Crippen molar-refractivity contribution >= 4 is 34.0 Å². The summed E-state index contributed by atoms with van der Waals surface area (Å²) in [6.45, 7) is 2.80. The van der Waals surface area contributed by atoms with Crippen molar-refractivity contribution in [2.45, 2.75) is 64.0 Å². The van der Waals surface area contributed by atoms with E-state index in [0.29, 0.717) is 35.3 Å². The topological polar surface area (TPSA) is 97.0 Å². The maximum atomic E-state index is 12.5. The average Bonchev–Trinajstić information content (AvgIpc) is 2.87. The van der Waals surface area contributed by atoms with Gasteiger partial charge < -0.3 is 14.8 Å². The van der Waals surface area contributed by atoms with Crippen LogP contribution in [0.2, 0.25) is 0 Å². The molecule has 0 bridgehead atoms. The Kier molecular flexibility index (Phi) is 11.1. The third-order valence-corrected chi connectivity index (χ3v) is 7.78. The minimum absolute atomic E-state index is 0. The van der Waals surface area contributed by atoms with Gasteiger partial charge in [0.2, 0.25) is 15.9 Å². The van der Waals surface area contributed by atoms with Crippen LogP contribution in [-0.4, -0.2) is 51.7 Å². The highest BCUT2D eigenvalue weighted by atomic mass is 35.5. The van der Waals surface area contributed by atoms with Gasteiger partial charge in [0.1, 0.15) is 5.75 Å². The standard InChI is InChI=1S/C28H39N3O5S.ClH/c1-35-27-19-24(30-37(2,33)34)10-13-26(27)36-25-11-8-22(9-12-25)20-31-16-14-23(15-17-31)29-28(32)18-21-6-4-3-5-7-21;/h8-13,19,21,23,30H,3-7,14-18,20H2,1-2H3,(H,29,32);1H. The van der Waals surface area contributed by atoms with Crippen LogP contribution in [0.5, 0.6) is 17.2 Å². The molecule has 0 radical (unpaired) electrons. The summed E-state index contributed by atoms with van der Waals surface area (Å²) >= 11 is 0. The molecule has 1 heterocycles. The van der Waals surface area contributed by atoms with Gasteiger partial charge in [-0.1, -0.05) is 31.4 Å². The van der Waals surface area contributed by atoms with Gasteiger partial charge in [-0.3, -0.25) is 14.4 Å². The van der Waals surface area contributed by atoms with Crippen molar-refractivity contribution in [1.29, 1.82) is 0 Å². The maximum absolute atomic E-state index is 12.5. The molecule has 2 aromatic carbocycles. The molecule has 210 valence electrons. The lowest BCUT2D eigenvalue weighted by Crippen LogP contribution is -2.44. The van der Waals surface area contributed by atoms with Crippen LogP contribution in [0.25, 0.3) is 0 Å². The van der Waals surface area contributed by atoms with Crippen LogP contribution >= 0.6 is 12.4 Å². The average molecular weight is 566 g/mol. The Morgan fingerprint density at radius 3 is 2.29 bits per heavy atom. The third-order valence-electron chi connectivity index (χ3n) is 7.18. The summed E-state index contributed by atoms with van der Waals surface area (Å²) in [4.78, 5) is 14.9. The molecule has 0 atom stereocenters. The van der Waals surface area contributed by atoms with Gasteiger partial charge in [0.15, 0.2) is 11.5 Å². The van der Waals surface area contributed by atoms with Crippen molar-refractivity contribution in [3.63, 3.8) is 0 Å². The predicted octanol–water partition coefficient (Wildman–Crippen LogP) is 5.33. The number of rotatable bonds is 10. The molecular weight excluding hydrogens is 526 g/mol. The number of amides is 1. The van der Waals surface area contributed by atoms with E-state index in [9.17, 15) is 13.2 Å². The minimum atomic E-state index is -3.37. The summed E-state index contributed by atoms with van der Waals surface area (Å²) in [5.74, 6) is 2.43. The smallest absolute Gasteiger partial charge is 0.229 e. The quantitative estimate of drug-likeness (QED) is 0.404. The number of carbonyl (C=O) groups excluding carboxylic acids is 1. The zero-order chi connectivity index (χ0) is 26.3. The third kappa shape index (κ3) is 9.36. The van der Waals surface area contributed by atoms with E-state index in [1.165, 1.54) is 44.8 Å². The number of sulfonamides is 1. The Labute approximate surface area is 232 Å². The Bertz CT molecular complexity index is 1150. The molecule has 1 amide bonds. The zero-order valence-electron chi connectivity index (χ0n) is 22.3. The lowest BCUT2D eigenvalue weighted by Gasteiger charge is -2.32. The van der Waals surface area contributed by atoms with Crippen molar-refractivity contribution in [3.8, 4) is 17.2 Å². The van der Waals surface area contributed by atoms with Crippen LogP contribution in [0.3, 0.4) is 0 Å². The fraction of sp³-hybridized carbons (Fsp3) is 0.536. The Morgan fingerprint density at radius 1 is 0.974 bits per heavy atom. The molecule has 0 aromatic heterocycles. The number of methoxy groups -OCH3 is 1. The molecule has 0 unspecified atom stereocenters. The van der Waals surface area contributed by atoms with Gasteiger partial charge in [-0.25, -0.2) is 8.42 Å². The number of nitrogens with one attached hydrogen (secondary N) is 2. The lowest BCUT2D eigenvalue weighted by atomic mass is 9.86. The molecule has 1 saturated heterocycles. The normalized spacial score (nSPS) is 17.3. The number of ether oxygens (including phenoxy) is 2. The molecule has 4 rings (SSSR count). The van der Waals surface area contributed by atoms with E-state index in [-0.39, 0.29) is 24.4 Å². The van der Waals surface area contributed by atoms with Gasteiger partial charge >= 0.3 is 0 Å². The van der Waals surface area contributed by atoms with Crippen LogP contribution in [0, 0.1) is 5.92 Å². The van der Waals surface area contributed by atoms with Gasteiger partial charge in [0.05, 0.1) is 19.1 Å². The number of anilines is 1. The van der Waals surface area contributed by atoms with Crippen LogP contribution in [0.1, 0.15) is 56.9 Å². The van der Waals surface area contributed by atoms with Crippen molar-refractivity contribution in [2.24, 2.45) is 5.92 Å². The molecule has 2 fully saturated rings. The highest BCUT2D eigenvalue weighted by Crippen LogP contribution is 2.34. The van der Waals surface area contributed by atoms with Gasteiger partial charge in [-0.2, -0.15) is 0 Å². The SMILES string of the molecule is COc1cc(NS(C)(=O)=O)ccc1Oc1ccc(CN2CCC(NC(=O)CC3CCCCC3)CC2)cc1.Cl. The predicted molar refractivity (Wildman–Crippen MR) is 153 cm³/mol. The van der Waals surface area contributed by atoms with Crippen LogP contribution < -0.4 is 19.5 Å². The summed E-state index contributed by atoms with van der Waals surface area (Å²) in [6.07, 6.45) is 10.1. The number of hydrogen-bond acceptors (Lipinski definition) is 6. The number of nitrogens with zero attached hydrogens (tertiary/aromatic N) is 1. The monoisotopic (exact) mass is 565 g/mol. The molecule has 38 heavy (non-hydrogen) atoms. The molecule has 2 aliphatic rings. The lowest BCUT2D eigenvalue weighted by molar-refractivity contribution is -0.123. The zero-order valence-corrected chi connectivity index (χ0v) is 23.9. The van der Waals surface area contributed by atoms with E-state index in [0.717, 1.165) is 38.7 Å². The number of piperidine rings is 1. The first-order valence-corrected chi connectivity index (χ1v) is 15.1. The number of carbonyl (C=O) groups is 1. The molecule has 8 nitrogen and oxygen atoms in total. The fourth-order valence-electron chi connectivity index (χ4n) is 5.25. The number of benzene rings is 2. The second kappa shape index (κ2) is 14.1. The van der Waals surface area contributed by atoms with Crippen LogP contribution in [0.15, 0.2) is 42.5 Å². The fourth-order valence-corrected chi connectivity index (χ4v) is 5.81. The molecule has 1 aliphatic carbocycles. The molecule has 1 saturated carbocycles. The minimum Gasteiger partial charge on any atom is -0.493 e. The summed E-state index contributed by atoms with van der Waals surface area (Å²) in [5, 5.41) is 3.28. The Hall–Kier alpha value is -2.49. The van der Waals surface area contributed by atoms with E-state index in [1.54, 1.807) is 18.2 Å². The molecular formula is C28H40ClN3O5S. The number of halogens is 1. The Balaban J connectivity index is 0.00000400. The first-order chi connectivity index (χ1) is 17.8. The summed E-state index contributed by atoms with van der Waals surface area (Å²) in [5.41, 5.74) is 1.61. The van der Waals surface area contributed by atoms with Crippen molar-refractivity contribution < 1.29 is 22.7 Å². The molecule has 2 N–H and O–H groups in total. The van der Waals surface area contributed by atoms with Crippen molar-refractivity contribution in [1.82, 2.24) is 10.2 Å². The highest BCUT2D eigenvalue weighted by Gasteiger charge is 2.23. The van der Waals surface area contributed by atoms with Gasteiger partial charge in [0, 0.05) is 38.2 Å². The van der Waals surface area contributed by atoms with Crippen molar-refractivity contribution in [2.75, 3.05) is 31.2 Å². The second-order valence-electron chi connectivity index (χ2n) is 10.3. The molecule has 2 aromatic rings. The van der Waals surface area contributed by atoms with E-state index < -0.39 is 10.0 Å². The molecule has 1 aliphatic heterocycles. The summed E-state index contributed by atoms with van der Waals surface area (Å²) in [6, 6.07) is 13.2. The van der Waals surface area contributed by atoms with Gasteiger partial charge in [0.25, 0.3) is 0 Å². The van der Waals surface area contributed by atoms with Gasteiger partial charge in [-0.05, 0) is 61.4 Å². The Morgan fingerprint density at radius 2 is 1.66 bits per heavy atom.